The van der Waals surface area contributed by atoms with Gasteiger partial charge in [0.05, 0.1) is 12.9 Å². The largest absolute Gasteiger partial charge is 0.481 e. The minimum atomic E-state index is -0.695. The maximum absolute atomic E-state index is 12.4. The molecule has 0 aliphatic heterocycles. The molecular weight excluding hydrogens is 386 g/mol. The predicted molar refractivity (Wildman–Crippen MR) is 107 cm³/mol. The molecule has 0 radical (unpaired) electrons. The van der Waals surface area contributed by atoms with Gasteiger partial charge in [-0.25, -0.2) is 0 Å². The van der Waals surface area contributed by atoms with Crippen LogP contribution in [-0.4, -0.2) is 41.0 Å². The van der Waals surface area contributed by atoms with E-state index in [0.717, 1.165) is 11.1 Å². The molecule has 0 fully saturated rings. The molecule has 7 nitrogen and oxygen atoms in total. The lowest BCUT2D eigenvalue weighted by Crippen LogP contribution is -2.30. The minimum Gasteiger partial charge on any atom is -0.481 e. The van der Waals surface area contributed by atoms with Gasteiger partial charge >= 0.3 is 5.97 Å². The van der Waals surface area contributed by atoms with E-state index in [1.807, 2.05) is 25.1 Å². The number of carbonyl (C=O) groups excluding carboxylic acids is 2. The van der Waals surface area contributed by atoms with Crippen LogP contribution >= 0.6 is 23.1 Å². The number of aryl methyl sites for hydroxylation is 1. The summed E-state index contributed by atoms with van der Waals surface area (Å²) in [5.74, 6) is 0.477. The number of thioether (sulfide) groups is 1. The van der Waals surface area contributed by atoms with E-state index in [0.29, 0.717) is 15.2 Å². The zero-order valence-electron chi connectivity index (χ0n) is 15.9. The average Bonchev–Trinajstić information content (AvgIpc) is 3.06. The third-order valence-electron chi connectivity index (χ3n) is 3.64. The van der Waals surface area contributed by atoms with Crippen LogP contribution in [0.25, 0.3) is 0 Å². The first-order valence-corrected chi connectivity index (χ1v) is 10.2. The molecule has 2 rings (SSSR count). The van der Waals surface area contributed by atoms with Crippen molar-refractivity contribution in [2.75, 3.05) is 18.2 Å². The fourth-order valence-electron chi connectivity index (χ4n) is 2.17. The summed E-state index contributed by atoms with van der Waals surface area (Å²) in [5.41, 5.74) is 2.12. The molecule has 1 aromatic carbocycles. The highest BCUT2D eigenvalue weighted by Crippen LogP contribution is 2.29. The van der Waals surface area contributed by atoms with Crippen molar-refractivity contribution in [2.45, 2.75) is 44.1 Å². The van der Waals surface area contributed by atoms with Gasteiger partial charge in [-0.2, -0.15) is 0 Å². The summed E-state index contributed by atoms with van der Waals surface area (Å²) >= 11 is 2.40. The maximum Gasteiger partial charge on any atom is 0.316 e. The lowest BCUT2D eigenvalue weighted by molar-refractivity contribution is -0.137. The molecule has 27 heavy (non-hydrogen) atoms. The van der Waals surface area contributed by atoms with Gasteiger partial charge in [-0.15, -0.1) is 10.2 Å². The molecule has 0 saturated heterocycles. The molecule has 0 saturated carbocycles. The monoisotopic (exact) mass is 409 g/mol. The van der Waals surface area contributed by atoms with Gasteiger partial charge < -0.3 is 9.47 Å². The highest BCUT2D eigenvalue weighted by molar-refractivity contribution is 8.01. The number of carbonyl (C=O) groups is 2. The maximum atomic E-state index is 12.4. The van der Waals surface area contributed by atoms with E-state index in [1.54, 1.807) is 6.92 Å². The van der Waals surface area contributed by atoms with Crippen molar-refractivity contribution in [1.82, 2.24) is 10.2 Å². The fraction of sp³-hybridized carbons (Fsp3) is 0.444. The average molecular weight is 410 g/mol. The first kappa shape index (κ1) is 21.2. The smallest absolute Gasteiger partial charge is 0.316 e. The molecule has 0 bridgehead atoms. The number of nitrogens with one attached hydrogen (secondary N) is 1. The Morgan fingerprint density at radius 2 is 2.00 bits per heavy atom. The van der Waals surface area contributed by atoms with Crippen LogP contribution in [0.5, 0.6) is 5.75 Å². The van der Waals surface area contributed by atoms with E-state index in [-0.39, 0.29) is 23.5 Å². The quantitative estimate of drug-likeness (QED) is 0.404. The number of nitrogens with zero attached hydrogens (tertiary/aromatic N) is 2. The number of methoxy groups -OCH3 is 1. The third kappa shape index (κ3) is 6.21. The topological polar surface area (TPSA) is 90.4 Å². The van der Waals surface area contributed by atoms with Crippen molar-refractivity contribution >= 4 is 40.1 Å². The number of hydrogen-bond acceptors (Lipinski definition) is 8. The molecule has 0 spiro atoms. The molecule has 0 aliphatic carbocycles. The summed E-state index contributed by atoms with van der Waals surface area (Å²) in [4.78, 5) is 23.6. The Balaban J connectivity index is 1.97. The summed E-state index contributed by atoms with van der Waals surface area (Å²) in [7, 11) is 1.33. The van der Waals surface area contributed by atoms with E-state index in [4.69, 9.17) is 4.74 Å². The van der Waals surface area contributed by atoms with Gasteiger partial charge in [-0.3, -0.25) is 14.9 Å². The fourth-order valence-corrected chi connectivity index (χ4v) is 3.76. The number of hydrogen-bond donors (Lipinski definition) is 1. The van der Waals surface area contributed by atoms with Crippen molar-refractivity contribution in [3.63, 3.8) is 0 Å². The highest BCUT2D eigenvalue weighted by Gasteiger charge is 2.19. The van der Waals surface area contributed by atoms with E-state index >= 15 is 0 Å². The van der Waals surface area contributed by atoms with Crippen LogP contribution in [0, 0.1) is 6.92 Å². The Kier molecular flexibility index (Phi) is 7.61. The van der Waals surface area contributed by atoms with E-state index < -0.39 is 6.10 Å². The second-order valence-electron chi connectivity index (χ2n) is 6.18. The van der Waals surface area contributed by atoms with Crippen molar-refractivity contribution in [1.29, 1.82) is 0 Å². The van der Waals surface area contributed by atoms with Crippen LogP contribution in [0.2, 0.25) is 0 Å². The lowest BCUT2D eigenvalue weighted by Gasteiger charge is -2.18. The third-order valence-corrected chi connectivity index (χ3v) is 5.59. The first-order chi connectivity index (χ1) is 12.8. The molecule has 2 aromatic rings. The summed E-state index contributed by atoms with van der Waals surface area (Å²) in [6, 6.07) is 5.99. The van der Waals surface area contributed by atoms with Crippen LogP contribution in [0.4, 0.5) is 5.13 Å². The van der Waals surface area contributed by atoms with Gasteiger partial charge in [0.25, 0.3) is 5.91 Å². The van der Waals surface area contributed by atoms with Crippen LogP contribution < -0.4 is 10.1 Å². The van der Waals surface area contributed by atoms with Crippen LogP contribution in [0.1, 0.15) is 37.8 Å². The Morgan fingerprint density at radius 3 is 2.67 bits per heavy atom. The summed E-state index contributed by atoms with van der Waals surface area (Å²) < 4.78 is 11.1. The number of rotatable bonds is 8. The standard InChI is InChI=1S/C18H23N3O4S2/c1-10(2)13-7-6-11(3)8-14(13)25-12(4)16(23)19-17-20-21-18(27-17)26-9-15(22)24-5/h6-8,10,12H,9H2,1-5H3,(H,19,20,23)/t12-/m1/s1. The summed E-state index contributed by atoms with van der Waals surface area (Å²) in [5, 5.41) is 10.9. The molecule has 0 unspecified atom stereocenters. The lowest BCUT2D eigenvalue weighted by atomic mass is 10.0. The predicted octanol–water partition coefficient (Wildman–Crippen LogP) is 3.64. The van der Waals surface area contributed by atoms with Crippen molar-refractivity contribution < 1.29 is 19.1 Å². The molecule has 1 N–H and O–H groups in total. The molecule has 1 atom stereocenters. The number of amides is 1. The minimum absolute atomic E-state index is 0.143. The van der Waals surface area contributed by atoms with E-state index in [1.165, 1.54) is 30.2 Å². The second kappa shape index (κ2) is 9.70. The van der Waals surface area contributed by atoms with E-state index in [2.05, 4.69) is 34.1 Å². The van der Waals surface area contributed by atoms with Gasteiger partial charge in [-0.05, 0) is 37.0 Å². The molecule has 0 aliphatic rings. The molecular formula is C18H23N3O4S2. The molecule has 1 aromatic heterocycles. The number of anilines is 1. The van der Waals surface area contributed by atoms with Gasteiger partial charge in [0.2, 0.25) is 5.13 Å². The normalized spacial score (nSPS) is 11.9. The van der Waals surface area contributed by atoms with Crippen molar-refractivity contribution in [3.8, 4) is 5.75 Å². The summed E-state index contributed by atoms with van der Waals surface area (Å²) in [6.07, 6.45) is -0.695. The summed E-state index contributed by atoms with van der Waals surface area (Å²) in [6.45, 7) is 7.83. The van der Waals surface area contributed by atoms with Crippen molar-refractivity contribution in [3.05, 3.63) is 29.3 Å². The van der Waals surface area contributed by atoms with Gasteiger partial charge in [0, 0.05) is 0 Å². The van der Waals surface area contributed by atoms with Crippen LogP contribution in [0.15, 0.2) is 22.5 Å². The van der Waals surface area contributed by atoms with Crippen LogP contribution in [-0.2, 0) is 14.3 Å². The molecule has 1 heterocycles. The van der Waals surface area contributed by atoms with Crippen molar-refractivity contribution in [2.24, 2.45) is 0 Å². The molecule has 1 amide bonds. The Labute approximate surface area is 166 Å². The molecule has 146 valence electrons. The SMILES string of the molecule is COC(=O)CSc1nnc(NC(=O)[C@@H](C)Oc2cc(C)ccc2C(C)C)s1. The van der Waals surface area contributed by atoms with Gasteiger partial charge in [0.15, 0.2) is 10.4 Å². The molecule has 9 heteroatoms. The second-order valence-corrected chi connectivity index (χ2v) is 8.38. The Hall–Kier alpha value is -2.13. The first-order valence-electron chi connectivity index (χ1n) is 8.41. The Morgan fingerprint density at radius 1 is 1.26 bits per heavy atom. The number of benzene rings is 1. The van der Waals surface area contributed by atoms with Gasteiger partial charge in [-0.1, -0.05) is 49.1 Å². The van der Waals surface area contributed by atoms with Gasteiger partial charge in [0.1, 0.15) is 5.75 Å². The zero-order valence-corrected chi connectivity index (χ0v) is 17.6. The Bertz CT molecular complexity index is 808. The number of aromatic nitrogens is 2. The highest BCUT2D eigenvalue weighted by atomic mass is 32.2. The number of ether oxygens (including phenoxy) is 2. The zero-order chi connectivity index (χ0) is 20.0. The van der Waals surface area contributed by atoms with E-state index in [9.17, 15) is 9.59 Å². The van der Waals surface area contributed by atoms with Crippen LogP contribution in [0.3, 0.4) is 0 Å². The number of esters is 1.